The largest absolute Gasteiger partial charge is 0.355 e. The first-order valence-corrected chi connectivity index (χ1v) is 7.10. The van der Waals surface area contributed by atoms with Crippen LogP contribution in [0, 0.1) is 11.3 Å². The van der Waals surface area contributed by atoms with Gasteiger partial charge < -0.3 is 5.32 Å². The SMILES string of the molecule is CCc1ccccc1Nc1ccc(C#N)c2ccccc12. The van der Waals surface area contributed by atoms with E-state index in [1.165, 1.54) is 5.56 Å². The molecule has 0 radical (unpaired) electrons. The quantitative estimate of drug-likeness (QED) is 0.726. The summed E-state index contributed by atoms with van der Waals surface area (Å²) in [4.78, 5) is 0. The number of anilines is 2. The third-order valence-corrected chi connectivity index (χ3v) is 3.71. The van der Waals surface area contributed by atoms with Crippen LogP contribution in [0.4, 0.5) is 11.4 Å². The number of nitrogens with zero attached hydrogens (tertiary/aromatic N) is 1. The van der Waals surface area contributed by atoms with E-state index in [2.05, 4.69) is 36.5 Å². The van der Waals surface area contributed by atoms with Crippen LogP contribution in [0.2, 0.25) is 0 Å². The summed E-state index contributed by atoms with van der Waals surface area (Å²) in [6.07, 6.45) is 0.984. The lowest BCUT2D eigenvalue weighted by Gasteiger charge is -2.13. The van der Waals surface area contributed by atoms with Gasteiger partial charge in [-0.05, 0) is 30.2 Å². The van der Waals surface area contributed by atoms with Crippen LogP contribution in [-0.2, 0) is 6.42 Å². The van der Waals surface area contributed by atoms with Crippen LogP contribution in [0.1, 0.15) is 18.1 Å². The van der Waals surface area contributed by atoms with E-state index < -0.39 is 0 Å². The molecule has 2 nitrogen and oxygen atoms in total. The second kappa shape index (κ2) is 5.68. The predicted octanol–water partition coefficient (Wildman–Crippen LogP) is 5.02. The molecule has 1 N–H and O–H groups in total. The monoisotopic (exact) mass is 272 g/mol. The summed E-state index contributed by atoms with van der Waals surface area (Å²) in [7, 11) is 0. The Balaban J connectivity index is 2.12. The van der Waals surface area contributed by atoms with Crippen LogP contribution >= 0.6 is 0 Å². The van der Waals surface area contributed by atoms with Gasteiger partial charge in [-0.1, -0.05) is 49.4 Å². The molecule has 0 atom stereocenters. The molecule has 0 aromatic heterocycles. The van der Waals surface area contributed by atoms with E-state index in [0.717, 1.165) is 28.6 Å². The van der Waals surface area contributed by atoms with Crippen LogP contribution < -0.4 is 5.32 Å². The minimum Gasteiger partial charge on any atom is -0.355 e. The van der Waals surface area contributed by atoms with Crippen molar-refractivity contribution in [2.24, 2.45) is 0 Å². The van der Waals surface area contributed by atoms with Gasteiger partial charge in [-0.2, -0.15) is 5.26 Å². The third-order valence-electron chi connectivity index (χ3n) is 3.71. The highest BCUT2D eigenvalue weighted by Crippen LogP contribution is 2.30. The fourth-order valence-electron chi connectivity index (χ4n) is 2.60. The van der Waals surface area contributed by atoms with Crippen molar-refractivity contribution in [2.75, 3.05) is 5.32 Å². The lowest BCUT2D eigenvalue weighted by molar-refractivity contribution is 1.14. The van der Waals surface area contributed by atoms with E-state index in [0.29, 0.717) is 5.56 Å². The van der Waals surface area contributed by atoms with Crippen molar-refractivity contribution < 1.29 is 0 Å². The van der Waals surface area contributed by atoms with E-state index in [9.17, 15) is 5.26 Å². The standard InChI is InChI=1S/C19H16N2/c1-2-14-7-3-6-10-18(14)21-19-12-11-15(13-20)16-8-4-5-9-17(16)19/h3-12,21H,2H2,1H3. The number of para-hydroxylation sites is 1. The molecule has 0 saturated heterocycles. The van der Waals surface area contributed by atoms with Crippen LogP contribution in [0.5, 0.6) is 0 Å². The molecule has 0 aliphatic carbocycles. The van der Waals surface area contributed by atoms with Gasteiger partial charge in [0.2, 0.25) is 0 Å². The maximum Gasteiger partial charge on any atom is 0.0998 e. The lowest BCUT2D eigenvalue weighted by Crippen LogP contribution is -1.96. The van der Waals surface area contributed by atoms with Crippen molar-refractivity contribution in [1.29, 1.82) is 5.26 Å². The number of fused-ring (bicyclic) bond motifs is 1. The molecule has 0 saturated carbocycles. The highest BCUT2D eigenvalue weighted by Gasteiger charge is 2.07. The van der Waals surface area contributed by atoms with Crippen molar-refractivity contribution in [3.05, 3.63) is 71.8 Å². The average Bonchev–Trinajstić information content (AvgIpc) is 2.55. The maximum absolute atomic E-state index is 9.23. The number of benzene rings is 3. The topological polar surface area (TPSA) is 35.8 Å². The van der Waals surface area contributed by atoms with Gasteiger partial charge in [-0.3, -0.25) is 0 Å². The van der Waals surface area contributed by atoms with Crippen molar-refractivity contribution in [2.45, 2.75) is 13.3 Å². The van der Waals surface area contributed by atoms with E-state index in [-0.39, 0.29) is 0 Å². The van der Waals surface area contributed by atoms with Crippen LogP contribution in [0.25, 0.3) is 10.8 Å². The van der Waals surface area contributed by atoms with Crippen molar-refractivity contribution in [1.82, 2.24) is 0 Å². The molecule has 0 bridgehead atoms. The molecule has 0 spiro atoms. The van der Waals surface area contributed by atoms with Gasteiger partial charge in [0.15, 0.2) is 0 Å². The fourth-order valence-corrected chi connectivity index (χ4v) is 2.60. The maximum atomic E-state index is 9.23. The predicted molar refractivity (Wildman–Crippen MR) is 87.8 cm³/mol. The summed E-state index contributed by atoms with van der Waals surface area (Å²) in [5.41, 5.74) is 4.14. The lowest BCUT2D eigenvalue weighted by atomic mass is 10.0. The van der Waals surface area contributed by atoms with Crippen LogP contribution in [0.3, 0.4) is 0 Å². The van der Waals surface area contributed by atoms with E-state index in [1.807, 2.05) is 42.5 Å². The van der Waals surface area contributed by atoms with E-state index in [1.54, 1.807) is 0 Å². The normalized spacial score (nSPS) is 10.3. The molecular weight excluding hydrogens is 256 g/mol. The zero-order valence-electron chi connectivity index (χ0n) is 11.9. The molecule has 21 heavy (non-hydrogen) atoms. The summed E-state index contributed by atoms with van der Waals surface area (Å²) in [5, 5.41) is 14.8. The number of rotatable bonds is 3. The van der Waals surface area contributed by atoms with Gasteiger partial charge in [-0.15, -0.1) is 0 Å². The Morgan fingerprint density at radius 2 is 1.57 bits per heavy atom. The van der Waals surface area contributed by atoms with Crippen LogP contribution in [0.15, 0.2) is 60.7 Å². The fraction of sp³-hybridized carbons (Fsp3) is 0.105. The summed E-state index contributed by atoms with van der Waals surface area (Å²) in [6.45, 7) is 2.15. The van der Waals surface area contributed by atoms with Gasteiger partial charge in [0.1, 0.15) is 0 Å². The molecule has 3 aromatic carbocycles. The van der Waals surface area contributed by atoms with Crippen molar-refractivity contribution in [3.63, 3.8) is 0 Å². The molecule has 0 fully saturated rings. The highest BCUT2D eigenvalue weighted by molar-refractivity contribution is 5.98. The summed E-state index contributed by atoms with van der Waals surface area (Å²) in [6, 6.07) is 22.4. The smallest absolute Gasteiger partial charge is 0.0998 e. The summed E-state index contributed by atoms with van der Waals surface area (Å²) < 4.78 is 0. The Morgan fingerprint density at radius 3 is 2.33 bits per heavy atom. The Bertz CT molecular complexity index is 828. The Hall–Kier alpha value is -2.79. The Kier molecular flexibility index (Phi) is 3.57. The molecule has 0 heterocycles. The Labute approximate surface area is 124 Å². The van der Waals surface area contributed by atoms with Gasteiger partial charge in [0, 0.05) is 22.1 Å². The number of hydrogen-bond acceptors (Lipinski definition) is 2. The minimum atomic E-state index is 0.708. The van der Waals surface area contributed by atoms with Gasteiger partial charge >= 0.3 is 0 Å². The minimum absolute atomic E-state index is 0.708. The number of nitriles is 1. The van der Waals surface area contributed by atoms with Crippen LogP contribution in [-0.4, -0.2) is 0 Å². The highest BCUT2D eigenvalue weighted by atomic mass is 14.9. The zero-order valence-corrected chi connectivity index (χ0v) is 11.9. The first kappa shape index (κ1) is 13.2. The first-order chi connectivity index (χ1) is 10.3. The first-order valence-electron chi connectivity index (χ1n) is 7.10. The van der Waals surface area contributed by atoms with Gasteiger partial charge in [0.25, 0.3) is 0 Å². The number of aryl methyl sites for hydroxylation is 1. The molecule has 3 rings (SSSR count). The van der Waals surface area contributed by atoms with Gasteiger partial charge in [-0.25, -0.2) is 0 Å². The summed E-state index contributed by atoms with van der Waals surface area (Å²) in [5.74, 6) is 0. The molecule has 0 aliphatic rings. The molecule has 0 unspecified atom stereocenters. The number of hydrogen-bond donors (Lipinski definition) is 1. The molecular formula is C19H16N2. The second-order valence-corrected chi connectivity index (χ2v) is 4.95. The third kappa shape index (κ3) is 2.46. The zero-order chi connectivity index (χ0) is 14.7. The Morgan fingerprint density at radius 1 is 0.857 bits per heavy atom. The molecule has 3 aromatic rings. The molecule has 2 heteroatoms. The average molecular weight is 272 g/mol. The van der Waals surface area contributed by atoms with Gasteiger partial charge in [0.05, 0.1) is 11.6 Å². The molecule has 102 valence electrons. The van der Waals surface area contributed by atoms with E-state index in [4.69, 9.17) is 0 Å². The molecule has 0 aliphatic heterocycles. The van der Waals surface area contributed by atoms with E-state index >= 15 is 0 Å². The number of nitrogens with one attached hydrogen (secondary N) is 1. The molecule has 0 amide bonds. The van der Waals surface area contributed by atoms with Crippen molar-refractivity contribution in [3.8, 4) is 6.07 Å². The summed E-state index contributed by atoms with van der Waals surface area (Å²) >= 11 is 0. The van der Waals surface area contributed by atoms with Crippen molar-refractivity contribution >= 4 is 22.1 Å². The second-order valence-electron chi connectivity index (χ2n) is 4.95.